The Hall–Kier alpha value is -1.43. The van der Waals surface area contributed by atoms with Gasteiger partial charge in [-0.3, -0.25) is 4.99 Å². The number of hydrogen-bond acceptors (Lipinski definition) is 3. The average molecular weight is 310 g/mol. The van der Waals surface area contributed by atoms with Crippen molar-refractivity contribution in [1.82, 2.24) is 10.2 Å². The Bertz CT molecular complexity index is 472. The number of halogens is 1. The third kappa shape index (κ3) is 4.27. The SMILES string of the molecule is CN=C(NCCSC)N1CCN(c2ccccc2F)CC1. The first-order valence-corrected chi connectivity index (χ1v) is 8.59. The topological polar surface area (TPSA) is 30.9 Å². The van der Waals surface area contributed by atoms with E-state index in [-0.39, 0.29) is 5.82 Å². The van der Waals surface area contributed by atoms with Crippen molar-refractivity contribution in [2.75, 3.05) is 56.7 Å². The number of para-hydroxylation sites is 1. The van der Waals surface area contributed by atoms with Gasteiger partial charge in [0.25, 0.3) is 0 Å². The van der Waals surface area contributed by atoms with Gasteiger partial charge < -0.3 is 15.1 Å². The summed E-state index contributed by atoms with van der Waals surface area (Å²) in [6.07, 6.45) is 2.09. The van der Waals surface area contributed by atoms with Crippen LogP contribution in [0.1, 0.15) is 0 Å². The third-order valence-electron chi connectivity index (χ3n) is 3.57. The molecule has 0 aliphatic carbocycles. The predicted molar refractivity (Wildman–Crippen MR) is 89.9 cm³/mol. The first-order valence-electron chi connectivity index (χ1n) is 7.20. The van der Waals surface area contributed by atoms with Crippen LogP contribution in [0.4, 0.5) is 10.1 Å². The maximum atomic E-state index is 13.8. The highest BCUT2D eigenvalue weighted by atomic mass is 32.2. The van der Waals surface area contributed by atoms with Crippen LogP contribution in [0, 0.1) is 5.82 Å². The molecule has 0 radical (unpaired) electrons. The summed E-state index contributed by atoms with van der Waals surface area (Å²) in [5.74, 6) is 1.86. The third-order valence-corrected chi connectivity index (χ3v) is 4.19. The molecule has 0 bridgehead atoms. The standard InChI is InChI=1S/C15H23FN4S/c1-17-15(18-7-12-21-2)20-10-8-19(9-11-20)14-6-4-3-5-13(14)16/h3-6H,7-12H2,1-2H3,(H,17,18). The monoisotopic (exact) mass is 310 g/mol. The summed E-state index contributed by atoms with van der Waals surface area (Å²) >= 11 is 1.81. The van der Waals surface area contributed by atoms with Gasteiger partial charge in [-0.2, -0.15) is 11.8 Å². The molecule has 1 heterocycles. The maximum absolute atomic E-state index is 13.8. The minimum absolute atomic E-state index is 0.145. The second kappa shape index (κ2) is 8.12. The number of thioether (sulfide) groups is 1. The lowest BCUT2D eigenvalue weighted by molar-refractivity contribution is 0.372. The molecule has 0 aromatic heterocycles. The molecule has 1 saturated heterocycles. The Labute approximate surface area is 130 Å². The highest BCUT2D eigenvalue weighted by Crippen LogP contribution is 2.20. The van der Waals surface area contributed by atoms with Gasteiger partial charge in [0.05, 0.1) is 5.69 Å². The molecule has 1 fully saturated rings. The summed E-state index contributed by atoms with van der Waals surface area (Å²) in [6.45, 7) is 4.25. The largest absolute Gasteiger partial charge is 0.366 e. The summed E-state index contributed by atoms with van der Waals surface area (Å²) in [7, 11) is 1.81. The van der Waals surface area contributed by atoms with Crippen molar-refractivity contribution < 1.29 is 4.39 Å². The quantitative estimate of drug-likeness (QED) is 0.523. The molecular weight excluding hydrogens is 287 g/mol. The second-order valence-corrected chi connectivity index (χ2v) is 5.88. The second-order valence-electron chi connectivity index (χ2n) is 4.89. The van der Waals surface area contributed by atoms with E-state index in [9.17, 15) is 4.39 Å². The number of nitrogens with zero attached hydrogens (tertiary/aromatic N) is 3. The fourth-order valence-electron chi connectivity index (χ4n) is 2.46. The van der Waals surface area contributed by atoms with Gasteiger partial charge in [0.1, 0.15) is 5.82 Å². The fourth-order valence-corrected chi connectivity index (χ4v) is 2.77. The van der Waals surface area contributed by atoms with Crippen LogP contribution in [0.5, 0.6) is 0 Å². The highest BCUT2D eigenvalue weighted by Gasteiger charge is 2.21. The molecule has 1 aromatic carbocycles. The van der Waals surface area contributed by atoms with E-state index in [1.807, 2.05) is 30.9 Å². The van der Waals surface area contributed by atoms with Crippen molar-refractivity contribution in [2.45, 2.75) is 0 Å². The minimum atomic E-state index is -0.145. The van der Waals surface area contributed by atoms with Crippen molar-refractivity contribution in [1.29, 1.82) is 0 Å². The van der Waals surface area contributed by atoms with Crippen LogP contribution in [0.2, 0.25) is 0 Å². The van der Waals surface area contributed by atoms with E-state index in [2.05, 4.69) is 26.4 Å². The van der Waals surface area contributed by atoms with Gasteiger partial charge in [0.2, 0.25) is 0 Å². The Balaban J connectivity index is 1.89. The normalized spacial score (nSPS) is 16.2. The smallest absolute Gasteiger partial charge is 0.193 e. The van der Waals surface area contributed by atoms with Gasteiger partial charge in [-0.25, -0.2) is 4.39 Å². The molecule has 0 atom stereocenters. The van der Waals surface area contributed by atoms with E-state index in [4.69, 9.17) is 0 Å². The van der Waals surface area contributed by atoms with Crippen LogP contribution in [0.15, 0.2) is 29.3 Å². The van der Waals surface area contributed by atoms with E-state index < -0.39 is 0 Å². The molecule has 0 spiro atoms. The molecular formula is C15H23FN4S. The zero-order valence-corrected chi connectivity index (χ0v) is 13.5. The molecule has 2 rings (SSSR count). The molecule has 1 N–H and O–H groups in total. The molecule has 116 valence electrons. The number of hydrogen-bond donors (Lipinski definition) is 1. The number of anilines is 1. The fraction of sp³-hybridized carbons (Fsp3) is 0.533. The number of guanidine groups is 1. The number of nitrogens with one attached hydrogen (secondary N) is 1. The zero-order chi connectivity index (χ0) is 15.1. The molecule has 1 aromatic rings. The van der Waals surface area contributed by atoms with E-state index in [1.165, 1.54) is 6.07 Å². The molecule has 0 saturated carbocycles. The maximum Gasteiger partial charge on any atom is 0.193 e. The van der Waals surface area contributed by atoms with Crippen molar-refractivity contribution in [2.24, 2.45) is 4.99 Å². The van der Waals surface area contributed by atoms with Crippen LogP contribution in [-0.2, 0) is 0 Å². The summed E-state index contributed by atoms with van der Waals surface area (Å²) in [5, 5.41) is 3.37. The Morgan fingerprint density at radius 1 is 1.29 bits per heavy atom. The van der Waals surface area contributed by atoms with Crippen LogP contribution in [0.3, 0.4) is 0 Å². The lowest BCUT2D eigenvalue weighted by Crippen LogP contribution is -2.53. The lowest BCUT2D eigenvalue weighted by atomic mass is 10.2. The van der Waals surface area contributed by atoms with Crippen molar-refractivity contribution in [3.8, 4) is 0 Å². The van der Waals surface area contributed by atoms with E-state index >= 15 is 0 Å². The van der Waals surface area contributed by atoms with E-state index in [0.29, 0.717) is 5.69 Å². The zero-order valence-electron chi connectivity index (χ0n) is 12.7. The molecule has 0 unspecified atom stereocenters. The van der Waals surface area contributed by atoms with Crippen molar-refractivity contribution in [3.05, 3.63) is 30.1 Å². The highest BCUT2D eigenvalue weighted by molar-refractivity contribution is 7.98. The Morgan fingerprint density at radius 3 is 2.62 bits per heavy atom. The van der Waals surface area contributed by atoms with Gasteiger partial charge in [-0.05, 0) is 18.4 Å². The van der Waals surface area contributed by atoms with E-state index in [1.54, 1.807) is 6.07 Å². The molecule has 1 aliphatic rings. The van der Waals surface area contributed by atoms with Gasteiger partial charge >= 0.3 is 0 Å². The Morgan fingerprint density at radius 2 is 2.00 bits per heavy atom. The Kier molecular flexibility index (Phi) is 6.17. The van der Waals surface area contributed by atoms with Crippen LogP contribution >= 0.6 is 11.8 Å². The molecule has 4 nitrogen and oxygen atoms in total. The summed E-state index contributed by atoms with van der Waals surface area (Å²) in [4.78, 5) is 8.66. The van der Waals surface area contributed by atoms with Gasteiger partial charge in [0, 0.05) is 45.5 Å². The summed E-state index contributed by atoms with van der Waals surface area (Å²) in [6, 6.07) is 6.97. The number of aliphatic imine (C=N–C) groups is 1. The van der Waals surface area contributed by atoms with Crippen LogP contribution < -0.4 is 10.2 Å². The summed E-state index contributed by atoms with van der Waals surface area (Å²) in [5.41, 5.74) is 0.697. The lowest BCUT2D eigenvalue weighted by Gasteiger charge is -2.37. The van der Waals surface area contributed by atoms with Gasteiger partial charge in [-0.1, -0.05) is 12.1 Å². The average Bonchev–Trinajstić information content (AvgIpc) is 2.53. The van der Waals surface area contributed by atoms with Gasteiger partial charge in [-0.15, -0.1) is 0 Å². The molecule has 6 heteroatoms. The number of rotatable bonds is 4. The summed E-state index contributed by atoms with van der Waals surface area (Å²) < 4.78 is 13.8. The van der Waals surface area contributed by atoms with Gasteiger partial charge in [0.15, 0.2) is 5.96 Å². The molecule has 21 heavy (non-hydrogen) atoms. The van der Waals surface area contributed by atoms with Crippen molar-refractivity contribution >= 4 is 23.4 Å². The number of piperazine rings is 1. The minimum Gasteiger partial charge on any atom is -0.366 e. The van der Waals surface area contributed by atoms with E-state index in [0.717, 1.165) is 44.4 Å². The molecule has 1 aliphatic heterocycles. The predicted octanol–water partition coefficient (Wildman–Crippen LogP) is 1.89. The number of benzene rings is 1. The van der Waals surface area contributed by atoms with Crippen molar-refractivity contribution in [3.63, 3.8) is 0 Å². The van der Waals surface area contributed by atoms with Crippen LogP contribution in [0.25, 0.3) is 0 Å². The van der Waals surface area contributed by atoms with Crippen LogP contribution in [-0.4, -0.2) is 62.6 Å². The first kappa shape index (κ1) is 15.9. The molecule has 0 amide bonds. The first-order chi connectivity index (χ1) is 10.3.